The predicted octanol–water partition coefficient (Wildman–Crippen LogP) is 3.77. The quantitative estimate of drug-likeness (QED) is 0.386. The lowest BCUT2D eigenvalue weighted by Gasteiger charge is -2.33. The molecule has 1 aliphatic heterocycles. The van der Waals surface area contributed by atoms with E-state index in [1.165, 1.54) is 14.1 Å². The molecule has 36 heavy (non-hydrogen) atoms. The van der Waals surface area contributed by atoms with Gasteiger partial charge in [0.2, 0.25) is 11.8 Å². The van der Waals surface area contributed by atoms with Gasteiger partial charge in [-0.2, -0.15) is 0 Å². The topological polar surface area (TPSA) is 98.2 Å². The van der Waals surface area contributed by atoms with E-state index in [1.807, 2.05) is 47.0 Å². The molecule has 1 aromatic heterocycles. The standard InChI is InChI=1S/C27H27N3O6/c1-6-36-26(33)20-16(2)30(18-12-14-19(35-5)15-13-18)23(17-10-8-7-9-11-17)21(20)22-24(31)28(3)27(34)29(4)25(22)32/h7-15,22H,6H2,1-5H3. The van der Waals surface area contributed by atoms with E-state index in [4.69, 9.17) is 9.47 Å². The number of urea groups is 1. The molecule has 0 aliphatic carbocycles. The molecule has 3 aromatic rings. The number of methoxy groups -OCH3 is 1. The number of nitrogens with zero attached hydrogens (tertiary/aromatic N) is 3. The second kappa shape index (κ2) is 9.69. The van der Waals surface area contributed by atoms with Crippen LogP contribution in [0, 0.1) is 6.92 Å². The molecule has 2 heterocycles. The van der Waals surface area contributed by atoms with Crippen LogP contribution in [-0.2, 0) is 14.3 Å². The lowest BCUT2D eigenvalue weighted by Crippen LogP contribution is -2.56. The van der Waals surface area contributed by atoms with E-state index < -0.39 is 29.7 Å². The number of benzene rings is 2. The number of carbonyl (C=O) groups excluding carboxylic acids is 4. The van der Waals surface area contributed by atoms with Gasteiger partial charge in [0.1, 0.15) is 11.7 Å². The van der Waals surface area contributed by atoms with Crippen LogP contribution in [0.4, 0.5) is 4.79 Å². The number of aromatic nitrogens is 1. The Hall–Kier alpha value is -4.40. The Morgan fingerprint density at radius 1 is 0.917 bits per heavy atom. The molecular weight excluding hydrogens is 462 g/mol. The number of amides is 4. The number of esters is 1. The summed E-state index contributed by atoms with van der Waals surface area (Å²) in [5.41, 5.74) is 2.69. The van der Waals surface area contributed by atoms with Crippen LogP contribution in [0.1, 0.15) is 34.5 Å². The highest BCUT2D eigenvalue weighted by atomic mass is 16.5. The summed E-state index contributed by atoms with van der Waals surface area (Å²) in [6, 6.07) is 15.7. The van der Waals surface area contributed by atoms with E-state index in [-0.39, 0.29) is 17.7 Å². The molecule has 1 aliphatic rings. The van der Waals surface area contributed by atoms with Crippen molar-refractivity contribution in [1.29, 1.82) is 0 Å². The zero-order valence-corrected chi connectivity index (χ0v) is 20.8. The summed E-state index contributed by atoms with van der Waals surface area (Å²) in [7, 11) is 4.21. The third-order valence-electron chi connectivity index (χ3n) is 6.32. The minimum atomic E-state index is -1.41. The monoisotopic (exact) mass is 489 g/mol. The smallest absolute Gasteiger partial charge is 0.340 e. The number of rotatable bonds is 6. The lowest BCUT2D eigenvalue weighted by atomic mass is 9.88. The van der Waals surface area contributed by atoms with Gasteiger partial charge in [0.15, 0.2) is 0 Å². The van der Waals surface area contributed by atoms with Gasteiger partial charge in [0, 0.05) is 31.0 Å². The summed E-state index contributed by atoms with van der Waals surface area (Å²) in [4.78, 5) is 54.4. The lowest BCUT2D eigenvalue weighted by molar-refractivity contribution is -0.143. The SMILES string of the molecule is CCOC(=O)c1c(C2C(=O)N(C)C(=O)N(C)C2=O)c(-c2ccccc2)n(-c2ccc(OC)cc2)c1C. The summed E-state index contributed by atoms with van der Waals surface area (Å²) >= 11 is 0. The van der Waals surface area contributed by atoms with Crippen LogP contribution >= 0.6 is 0 Å². The third-order valence-corrected chi connectivity index (χ3v) is 6.32. The van der Waals surface area contributed by atoms with Crippen molar-refractivity contribution < 1.29 is 28.7 Å². The number of ether oxygens (including phenoxy) is 2. The molecule has 0 N–H and O–H groups in total. The van der Waals surface area contributed by atoms with Gasteiger partial charge >= 0.3 is 12.0 Å². The molecule has 9 nitrogen and oxygen atoms in total. The van der Waals surface area contributed by atoms with Gasteiger partial charge in [-0.05, 0) is 43.7 Å². The number of likely N-dealkylation sites (N-methyl/N-ethyl adjacent to an activating group) is 2. The first-order valence-corrected chi connectivity index (χ1v) is 11.4. The first-order chi connectivity index (χ1) is 17.2. The Bertz CT molecular complexity index is 1320. The van der Waals surface area contributed by atoms with Gasteiger partial charge in [-0.25, -0.2) is 9.59 Å². The Kier molecular flexibility index (Phi) is 6.65. The summed E-state index contributed by atoms with van der Waals surface area (Å²) in [6.45, 7) is 3.53. The number of barbiturate groups is 1. The van der Waals surface area contributed by atoms with Crippen molar-refractivity contribution in [2.24, 2.45) is 0 Å². The fourth-order valence-electron chi connectivity index (χ4n) is 4.54. The van der Waals surface area contributed by atoms with Crippen LogP contribution in [0.25, 0.3) is 16.9 Å². The second-order valence-electron chi connectivity index (χ2n) is 8.35. The van der Waals surface area contributed by atoms with Crippen molar-refractivity contribution in [2.75, 3.05) is 27.8 Å². The fraction of sp³-hybridized carbons (Fsp3) is 0.259. The van der Waals surface area contributed by atoms with Gasteiger partial charge < -0.3 is 14.0 Å². The average molecular weight is 490 g/mol. The fourth-order valence-corrected chi connectivity index (χ4v) is 4.54. The molecule has 186 valence electrons. The second-order valence-corrected chi connectivity index (χ2v) is 8.35. The van der Waals surface area contributed by atoms with E-state index in [0.717, 1.165) is 9.80 Å². The van der Waals surface area contributed by atoms with Crippen molar-refractivity contribution in [1.82, 2.24) is 14.4 Å². The first-order valence-electron chi connectivity index (χ1n) is 11.4. The van der Waals surface area contributed by atoms with Crippen molar-refractivity contribution in [2.45, 2.75) is 19.8 Å². The van der Waals surface area contributed by atoms with Crippen LogP contribution in [0.3, 0.4) is 0 Å². The zero-order chi connectivity index (χ0) is 26.1. The molecule has 2 aromatic carbocycles. The number of carbonyl (C=O) groups is 4. The molecule has 0 atom stereocenters. The minimum Gasteiger partial charge on any atom is -0.497 e. The molecule has 4 rings (SSSR count). The zero-order valence-electron chi connectivity index (χ0n) is 20.8. The highest BCUT2D eigenvalue weighted by Gasteiger charge is 2.47. The maximum absolute atomic E-state index is 13.4. The van der Waals surface area contributed by atoms with E-state index in [9.17, 15) is 19.2 Å². The molecule has 4 amide bonds. The number of hydrogen-bond donors (Lipinski definition) is 0. The Labute approximate surface area is 208 Å². The van der Waals surface area contributed by atoms with Crippen LogP contribution < -0.4 is 4.74 Å². The molecular formula is C27H27N3O6. The molecule has 0 unspecified atom stereocenters. The largest absolute Gasteiger partial charge is 0.497 e. The van der Waals surface area contributed by atoms with E-state index in [2.05, 4.69) is 0 Å². The van der Waals surface area contributed by atoms with Crippen molar-refractivity contribution in [3.63, 3.8) is 0 Å². The molecule has 0 radical (unpaired) electrons. The van der Waals surface area contributed by atoms with Gasteiger partial charge in [-0.3, -0.25) is 19.4 Å². The summed E-state index contributed by atoms with van der Waals surface area (Å²) in [5, 5.41) is 0. The molecule has 0 saturated carbocycles. The molecule has 0 bridgehead atoms. The third kappa shape index (κ3) is 3.92. The maximum Gasteiger partial charge on any atom is 0.340 e. The van der Waals surface area contributed by atoms with Crippen LogP contribution in [0.2, 0.25) is 0 Å². The summed E-state index contributed by atoms with van der Waals surface area (Å²) in [6.07, 6.45) is 0. The maximum atomic E-state index is 13.4. The van der Waals surface area contributed by atoms with Gasteiger partial charge in [-0.1, -0.05) is 30.3 Å². The van der Waals surface area contributed by atoms with Crippen LogP contribution in [0.5, 0.6) is 5.75 Å². The summed E-state index contributed by atoms with van der Waals surface area (Å²) in [5.74, 6) is -2.84. The molecule has 1 fully saturated rings. The van der Waals surface area contributed by atoms with E-state index >= 15 is 0 Å². The molecule has 9 heteroatoms. The predicted molar refractivity (Wildman–Crippen MR) is 132 cm³/mol. The van der Waals surface area contributed by atoms with Crippen molar-refractivity contribution in [3.8, 4) is 22.7 Å². The summed E-state index contributed by atoms with van der Waals surface area (Å²) < 4.78 is 12.5. The van der Waals surface area contributed by atoms with Gasteiger partial charge in [0.05, 0.1) is 25.0 Å². The number of imide groups is 2. The van der Waals surface area contributed by atoms with E-state index in [1.54, 1.807) is 33.1 Å². The first kappa shape index (κ1) is 24.7. The number of hydrogen-bond acceptors (Lipinski definition) is 6. The van der Waals surface area contributed by atoms with E-state index in [0.29, 0.717) is 28.4 Å². The minimum absolute atomic E-state index is 0.108. The molecule has 0 spiro atoms. The molecule has 1 saturated heterocycles. The van der Waals surface area contributed by atoms with Crippen LogP contribution in [0.15, 0.2) is 54.6 Å². The van der Waals surface area contributed by atoms with Crippen molar-refractivity contribution in [3.05, 3.63) is 71.4 Å². The van der Waals surface area contributed by atoms with Crippen molar-refractivity contribution >= 4 is 23.8 Å². The Morgan fingerprint density at radius 2 is 1.50 bits per heavy atom. The average Bonchev–Trinajstić information content (AvgIpc) is 3.19. The van der Waals surface area contributed by atoms with Gasteiger partial charge in [0.25, 0.3) is 0 Å². The highest BCUT2D eigenvalue weighted by Crippen LogP contribution is 2.41. The highest BCUT2D eigenvalue weighted by molar-refractivity contribution is 6.20. The van der Waals surface area contributed by atoms with Gasteiger partial charge in [-0.15, -0.1) is 0 Å². The van der Waals surface area contributed by atoms with Crippen LogP contribution in [-0.4, -0.2) is 66.0 Å². The Balaban J connectivity index is 2.12. The Morgan fingerprint density at radius 3 is 2.03 bits per heavy atom. The normalized spacial score (nSPS) is 14.4.